The Morgan fingerprint density at radius 1 is 1.43 bits per heavy atom. The molecule has 1 aromatic carbocycles. The molecule has 0 radical (unpaired) electrons. The van der Waals surface area contributed by atoms with Crippen LogP contribution in [0.5, 0.6) is 0 Å². The van der Waals surface area contributed by atoms with Crippen molar-refractivity contribution in [1.82, 2.24) is 0 Å². The van der Waals surface area contributed by atoms with Crippen LogP contribution in [0.2, 0.25) is 0 Å². The van der Waals surface area contributed by atoms with Crippen LogP contribution in [0.3, 0.4) is 0 Å². The summed E-state index contributed by atoms with van der Waals surface area (Å²) < 4.78 is 26.1. The minimum atomic E-state index is -1.54. The summed E-state index contributed by atoms with van der Waals surface area (Å²) in [7, 11) is 0. The van der Waals surface area contributed by atoms with Crippen LogP contribution in [0.4, 0.5) is 8.78 Å². The Bertz CT molecular complexity index is 379. The Hall–Kier alpha value is -1.49. The van der Waals surface area contributed by atoms with Gasteiger partial charge in [-0.3, -0.25) is 4.79 Å². The first kappa shape index (κ1) is 10.6. The van der Waals surface area contributed by atoms with Crippen LogP contribution in [0.25, 0.3) is 0 Å². The van der Waals surface area contributed by atoms with Crippen molar-refractivity contribution in [2.24, 2.45) is 5.73 Å². The van der Waals surface area contributed by atoms with Crippen LogP contribution in [0.15, 0.2) is 12.1 Å². The lowest BCUT2D eigenvalue weighted by molar-refractivity contribution is -0.138. The Morgan fingerprint density at radius 3 is 2.50 bits per heavy atom. The molecule has 0 bridgehead atoms. The highest BCUT2D eigenvalue weighted by molar-refractivity contribution is 5.75. The SMILES string of the molecule is Cc1cc(F)c(C(N)C(=O)O)cc1F. The molecule has 0 aromatic heterocycles. The first-order valence-corrected chi connectivity index (χ1v) is 3.87. The van der Waals surface area contributed by atoms with E-state index in [1.165, 1.54) is 6.92 Å². The number of aliphatic carboxylic acids is 1. The second-order valence-corrected chi connectivity index (χ2v) is 2.94. The van der Waals surface area contributed by atoms with E-state index in [-0.39, 0.29) is 11.1 Å². The number of halogens is 2. The van der Waals surface area contributed by atoms with Crippen molar-refractivity contribution in [2.45, 2.75) is 13.0 Å². The molecule has 0 aliphatic rings. The molecule has 0 amide bonds. The van der Waals surface area contributed by atoms with E-state index >= 15 is 0 Å². The molecule has 1 rings (SSSR count). The number of carboxylic acid groups (broad SMARTS) is 1. The number of benzene rings is 1. The topological polar surface area (TPSA) is 63.3 Å². The maximum Gasteiger partial charge on any atom is 0.325 e. The van der Waals surface area contributed by atoms with E-state index in [2.05, 4.69) is 0 Å². The highest BCUT2D eigenvalue weighted by Crippen LogP contribution is 2.19. The number of hydrogen-bond donors (Lipinski definition) is 2. The number of aryl methyl sites for hydroxylation is 1. The van der Waals surface area contributed by atoms with Crippen molar-refractivity contribution in [2.75, 3.05) is 0 Å². The first-order valence-electron chi connectivity index (χ1n) is 3.87. The second kappa shape index (κ2) is 3.71. The van der Waals surface area contributed by atoms with Gasteiger partial charge in [-0.2, -0.15) is 0 Å². The van der Waals surface area contributed by atoms with Gasteiger partial charge in [-0.05, 0) is 24.6 Å². The quantitative estimate of drug-likeness (QED) is 0.759. The molecule has 3 nitrogen and oxygen atoms in total. The molecule has 76 valence electrons. The normalized spacial score (nSPS) is 12.6. The van der Waals surface area contributed by atoms with Gasteiger partial charge in [0.1, 0.15) is 17.7 Å². The largest absolute Gasteiger partial charge is 0.480 e. The molecular weight excluding hydrogens is 192 g/mol. The Morgan fingerprint density at radius 2 is 2.00 bits per heavy atom. The van der Waals surface area contributed by atoms with E-state index < -0.39 is 23.6 Å². The molecule has 5 heteroatoms. The summed E-state index contributed by atoms with van der Waals surface area (Å²) in [6.07, 6.45) is 0. The van der Waals surface area contributed by atoms with Crippen LogP contribution in [0, 0.1) is 18.6 Å². The summed E-state index contributed by atoms with van der Waals surface area (Å²) in [4.78, 5) is 10.4. The fourth-order valence-corrected chi connectivity index (χ4v) is 1.03. The molecule has 1 atom stereocenters. The van der Waals surface area contributed by atoms with E-state index in [9.17, 15) is 13.6 Å². The van der Waals surface area contributed by atoms with Crippen molar-refractivity contribution in [3.8, 4) is 0 Å². The molecular formula is C9H9F2NO2. The Labute approximate surface area is 79.2 Å². The van der Waals surface area contributed by atoms with Gasteiger partial charge in [0.15, 0.2) is 0 Å². The molecule has 0 aliphatic heterocycles. The summed E-state index contributed by atoms with van der Waals surface area (Å²) in [5.41, 5.74) is 4.92. The van der Waals surface area contributed by atoms with Gasteiger partial charge in [-0.25, -0.2) is 8.78 Å². The van der Waals surface area contributed by atoms with Gasteiger partial charge in [-0.1, -0.05) is 0 Å². The third-order valence-electron chi connectivity index (χ3n) is 1.88. The summed E-state index contributed by atoms with van der Waals surface area (Å²) in [5.74, 6) is -2.87. The van der Waals surface area contributed by atoms with Crippen molar-refractivity contribution in [3.63, 3.8) is 0 Å². The number of hydrogen-bond acceptors (Lipinski definition) is 2. The molecule has 3 N–H and O–H groups in total. The molecule has 0 saturated heterocycles. The van der Waals surface area contributed by atoms with E-state index in [1.54, 1.807) is 0 Å². The van der Waals surface area contributed by atoms with Gasteiger partial charge in [0.05, 0.1) is 0 Å². The van der Waals surface area contributed by atoms with Gasteiger partial charge < -0.3 is 10.8 Å². The highest BCUT2D eigenvalue weighted by atomic mass is 19.1. The molecule has 0 aliphatic carbocycles. The standard InChI is InChI=1S/C9H9F2NO2/c1-4-2-7(11)5(3-6(4)10)8(12)9(13)14/h2-3,8H,12H2,1H3,(H,13,14). The fraction of sp³-hybridized carbons (Fsp3) is 0.222. The van der Waals surface area contributed by atoms with Crippen molar-refractivity contribution >= 4 is 5.97 Å². The lowest BCUT2D eigenvalue weighted by Crippen LogP contribution is -2.22. The van der Waals surface area contributed by atoms with E-state index in [0.717, 1.165) is 12.1 Å². The van der Waals surface area contributed by atoms with Crippen molar-refractivity contribution in [1.29, 1.82) is 0 Å². The Balaban J connectivity index is 3.22. The molecule has 1 aromatic rings. The van der Waals surface area contributed by atoms with Gasteiger partial charge in [-0.15, -0.1) is 0 Å². The monoisotopic (exact) mass is 201 g/mol. The maximum absolute atomic E-state index is 13.1. The minimum Gasteiger partial charge on any atom is -0.480 e. The van der Waals surface area contributed by atoms with E-state index in [1.807, 2.05) is 0 Å². The number of carbonyl (C=O) groups is 1. The number of nitrogens with two attached hydrogens (primary N) is 1. The van der Waals surface area contributed by atoms with Crippen molar-refractivity contribution in [3.05, 3.63) is 34.9 Å². The summed E-state index contributed by atoms with van der Waals surface area (Å²) in [6.45, 7) is 1.38. The average molecular weight is 201 g/mol. The third-order valence-corrected chi connectivity index (χ3v) is 1.88. The van der Waals surface area contributed by atoms with Gasteiger partial charge in [0.2, 0.25) is 0 Å². The molecule has 0 spiro atoms. The zero-order chi connectivity index (χ0) is 10.9. The highest BCUT2D eigenvalue weighted by Gasteiger charge is 2.19. The smallest absolute Gasteiger partial charge is 0.325 e. The van der Waals surface area contributed by atoms with Gasteiger partial charge in [0, 0.05) is 5.56 Å². The number of rotatable bonds is 2. The maximum atomic E-state index is 13.1. The molecule has 0 fully saturated rings. The Kier molecular flexibility index (Phi) is 2.81. The van der Waals surface area contributed by atoms with E-state index in [4.69, 9.17) is 10.8 Å². The van der Waals surface area contributed by atoms with Crippen LogP contribution >= 0.6 is 0 Å². The van der Waals surface area contributed by atoms with Crippen LogP contribution in [0.1, 0.15) is 17.2 Å². The van der Waals surface area contributed by atoms with Gasteiger partial charge >= 0.3 is 5.97 Å². The van der Waals surface area contributed by atoms with Crippen LogP contribution < -0.4 is 5.73 Å². The lowest BCUT2D eigenvalue weighted by atomic mass is 10.0. The molecule has 1 unspecified atom stereocenters. The predicted molar refractivity (Wildman–Crippen MR) is 45.7 cm³/mol. The van der Waals surface area contributed by atoms with Crippen LogP contribution in [-0.2, 0) is 4.79 Å². The third kappa shape index (κ3) is 1.88. The fourth-order valence-electron chi connectivity index (χ4n) is 1.03. The summed E-state index contributed by atoms with van der Waals surface area (Å²) in [5, 5.41) is 8.51. The average Bonchev–Trinajstić information content (AvgIpc) is 2.10. The zero-order valence-corrected chi connectivity index (χ0v) is 7.42. The molecule has 14 heavy (non-hydrogen) atoms. The van der Waals surface area contributed by atoms with Crippen LogP contribution in [-0.4, -0.2) is 11.1 Å². The first-order chi connectivity index (χ1) is 6.43. The molecule has 0 heterocycles. The minimum absolute atomic E-state index is 0.115. The van der Waals surface area contributed by atoms with Gasteiger partial charge in [0.25, 0.3) is 0 Å². The van der Waals surface area contributed by atoms with E-state index in [0.29, 0.717) is 0 Å². The summed E-state index contributed by atoms with van der Waals surface area (Å²) in [6, 6.07) is 0.196. The van der Waals surface area contributed by atoms with Crippen molar-refractivity contribution < 1.29 is 18.7 Å². The lowest BCUT2D eigenvalue weighted by Gasteiger charge is -2.09. The zero-order valence-electron chi connectivity index (χ0n) is 7.42. The summed E-state index contributed by atoms with van der Waals surface area (Å²) >= 11 is 0. The molecule has 0 saturated carbocycles. The predicted octanol–water partition coefficient (Wildman–Crippen LogP) is 1.36. The second-order valence-electron chi connectivity index (χ2n) is 2.94. The number of carboxylic acids is 1.